The fourth-order valence-electron chi connectivity index (χ4n) is 2.45. The van der Waals surface area contributed by atoms with Gasteiger partial charge in [0.05, 0.1) is 6.10 Å². The molecule has 88 valence electrons. The SMILES string of the molecule is C[C@@H](Oc1cccc(Br)c1)C1CCCCC1. The van der Waals surface area contributed by atoms with E-state index in [-0.39, 0.29) is 0 Å². The van der Waals surface area contributed by atoms with Gasteiger partial charge in [-0.3, -0.25) is 0 Å². The monoisotopic (exact) mass is 282 g/mol. The van der Waals surface area contributed by atoms with Crippen LogP contribution in [0.4, 0.5) is 0 Å². The molecule has 0 radical (unpaired) electrons. The van der Waals surface area contributed by atoms with E-state index in [0.717, 1.165) is 16.1 Å². The lowest BCUT2D eigenvalue weighted by molar-refractivity contribution is 0.123. The van der Waals surface area contributed by atoms with Crippen molar-refractivity contribution in [3.8, 4) is 5.75 Å². The summed E-state index contributed by atoms with van der Waals surface area (Å²) in [6, 6.07) is 8.12. The number of ether oxygens (including phenoxy) is 1. The second kappa shape index (κ2) is 5.72. The Hall–Kier alpha value is -0.500. The van der Waals surface area contributed by atoms with E-state index in [0.29, 0.717) is 6.10 Å². The molecule has 0 saturated heterocycles. The number of hydrogen-bond donors (Lipinski definition) is 0. The molecule has 1 atom stereocenters. The lowest BCUT2D eigenvalue weighted by Crippen LogP contribution is -2.25. The van der Waals surface area contributed by atoms with Crippen LogP contribution in [-0.2, 0) is 0 Å². The molecule has 0 amide bonds. The van der Waals surface area contributed by atoms with Gasteiger partial charge in [-0.05, 0) is 43.9 Å². The van der Waals surface area contributed by atoms with E-state index in [9.17, 15) is 0 Å². The van der Waals surface area contributed by atoms with Crippen LogP contribution in [0.1, 0.15) is 39.0 Å². The molecule has 2 heteroatoms. The molecule has 2 rings (SSSR count). The van der Waals surface area contributed by atoms with E-state index < -0.39 is 0 Å². The Labute approximate surface area is 106 Å². The molecule has 0 N–H and O–H groups in total. The van der Waals surface area contributed by atoms with Gasteiger partial charge in [0.2, 0.25) is 0 Å². The van der Waals surface area contributed by atoms with Crippen molar-refractivity contribution in [1.82, 2.24) is 0 Å². The van der Waals surface area contributed by atoms with E-state index >= 15 is 0 Å². The Morgan fingerprint density at radius 3 is 2.69 bits per heavy atom. The number of halogens is 1. The third kappa shape index (κ3) is 3.24. The topological polar surface area (TPSA) is 9.23 Å². The van der Waals surface area contributed by atoms with Gasteiger partial charge in [-0.25, -0.2) is 0 Å². The van der Waals surface area contributed by atoms with Crippen LogP contribution in [0.25, 0.3) is 0 Å². The molecule has 0 unspecified atom stereocenters. The summed E-state index contributed by atoms with van der Waals surface area (Å²) in [5, 5.41) is 0. The van der Waals surface area contributed by atoms with Gasteiger partial charge in [0.15, 0.2) is 0 Å². The average molecular weight is 283 g/mol. The Morgan fingerprint density at radius 1 is 1.25 bits per heavy atom. The Morgan fingerprint density at radius 2 is 2.00 bits per heavy atom. The van der Waals surface area contributed by atoms with Crippen molar-refractivity contribution in [3.63, 3.8) is 0 Å². The first-order valence-electron chi connectivity index (χ1n) is 6.18. The standard InChI is InChI=1S/C14H19BrO/c1-11(12-6-3-2-4-7-12)16-14-9-5-8-13(15)10-14/h5,8-12H,2-4,6-7H2,1H3/t11-/m1/s1. The highest BCUT2D eigenvalue weighted by molar-refractivity contribution is 9.10. The maximum atomic E-state index is 6.00. The molecule has 1 saturated carbocycles. The molecule has 1 aliphatic rings. The number of benzene rings is 1. The van der Waals surface area contributed by atoms with Crippen molar-refractivity contribution < 1.29 is 4.74 Å². The van der Waals surface area contributed by atoms with Gasteiger partial charge in [-0.1, -0.05) is 41.3 Å². The van der Waals surface area contributed by atoms with Crippen LogP contribution in [0.2, 0.25) is 0 Å². The first-order chi connectivity index (χ1) is 7.75. The third-order valence-electron chi connectivity index (χ3n) is 3.43. The van der Waals surface area contributed by atoms with Gasteiger partial charge in [-0.2, -0.15) is 0 Å². The maximum Gasteiger partial charge on any atom is 0.120 e. The van der Waals surface area contributed by atoms with Gasteiger partial charge in [0.1, 0.15) is 5.75 Å². The highest BCUT2D eigenvalue weighted by Crippen LogP contribution is 2.29. The van der Waals surface area contributed by atoms with Gasteiger partial charge < -0.3 is 4.74 Å². The average Bonchev–Trinajstić information content (AvgIpc) is 2.30. The summed E-state index contributed by atoms with van der Waals surface area (Å²) in [5.74, 6) is 1.72. The van der Waals surface area contributed by atoms with E-state index in [1.165, 1.54) is 32.1 Å². The molecular formula is C14H19BrO. The lowest BCUT2D eigenvalue weighted by Gasteiger charge is -2.28. The van der Waals surface area contributed by atoms with Crippen LogP contribution in [0.5, 0.6) is 5.75 Å². The smallest absolute Gasteiger partial charge is 0.120 e. The zero-order chi connectivity index (χ0) is 11.4. The quantitative estimate of drug-likeness (QED) is 0.774. The Bertz CT molecular complexity index is 331. The van der Waals surface area contributed by atoms with E-state index in [1.54, 1.807) is 0 Å². The summed E-state index contributed by atoms with van der Waals surface area (Å²) < 4.78 is 7.09. The molecular weight excluding hydrogens is 264 g/mol. The lowest BCUT2D eigenvalue weighted by atomic mass is 9.86. The molecule has 1 nitrogen and oxygen atoms in total. The molecule has 0 aliphatic heterocycles. The van der Waals surface area contributed by atoms with Crippen LogP contribution in [0.15, 0.2) is 28.7 Å². The minimum Gasteiger partial charge on any atom is -0.490 e. The van der Waals surface area contributed by atoms with Crippen molar-refractivity contribution in [2.24, 2.45) is 5.92 Å². The second-order valence-corrected chi connectivity index (χ2v) is 5.59. The highest BCUT2D eigenvalue weighted by Gasteiger charge is 2.21. The van der Waals surface area contributed by atoms with E-state index in [4.69, 9.17) is 4.74 Å². The van der Waals surface area contributed by atoms with Crippen molar-refractivity contribution in [2.75, 3.05) is 0 Å². The first-order valence-corrected chi connectivity index (χ1v) is 6.97. The molecule has 1 aliphatic carbocycles. The van der Waals surface area contributed by atoms with Crippen LogP contribution in [-0.4, -0.2) is 6.10 Å². The summed E-state index contributed by atoms with van der Waals surface area (Å²) in [6.07, 6.45) is 7.15. The van der Waals surface area contributed by atoms with Gasteiger partial charge in [0, 0.05) is 4.47 Å². The van der Waals surface area contributed by atoms with Crippen LogP contribution < -0.4 is 4.74 Å². The minimum absolute atomic E-state index is 0.342. The van der Waals surface area contributed by atoms with E-state index in [2.05, 4.69) is 22.9 Å². The zero-order valence-electron chi connectivity index (χ0n) is 9.79. The fraction of sp³-hybridized carbons (Fsp3) is 0.571. The summed E-state index contributed by atoms with van der Waals surface area (Å²) in [5.41, 5.74) is 0. The molecule has 0 spiro atoms. The van der Waals surface area contributed by atoms with Crippen molar-refractivity contribution >= 4 is 15.9 Å². The third-order valence-corrected chi connectivity index (χ3v) is 3.92. The Kier molecular flexibility index (Phi) is 4.28. The largest absolute Gasteiger partial charge is 0.490 e. The molecule has 1 aromatic rings. The second-order valence-electron chi connectivity index (χ2n) is 4.68. The summed E-state index contributed by atoms with van der Waals surface area (Å²) in [4.78, 5) is 0. The molecule has 0 aromatic heterocycles. The van der Waals surface area contributed by atoms with Crippen LogP contribution in [0.3, 0.4) is 0 Å². The molecule has 0 heterocycles. The van der Waals surface area contributed by atoms with E-state index in [1.807, 2.05) is 24.3 Å². The van der Waals surface area contributed by atoms with Gasteiger partial charge in [0.25, 0.3) is 0 Å². The van der Waals surface area contributed by atoms with Crippen LogP contribution >= 0.6 is 15.9 Å². The van der Waals surface area contributed by atoms with Crippen molar-refractivity contribution in [1.29, 1.82) is 0 Å². The predicted molar refractivity (Wildman–Crippen MR) is 70.8 cm³/mol. The summed E-state index contributed by atoms with van der Waals surface area (Å²) in [6.45, 7) is 2.21. The zero-order valence-corrected chi connectivity index (χ0v) is 11.4. The van der Waals surface area contributed by atoms with Crippen LogP contribution in [0, 0.1) is 5.92 Å². The van der Waals surface area contributed by atoms with Gasteiger partial charge in [-0.15, -0.1) is 0 Å². The van der Waals surface area contributed by atoms with Gasteiger partial charge >= 0.3 is 0 Å². The number of rotatable bonds is 3. The van der Waals surface area contributed by atoms with Crippen molar-refractivity contribution in [3.05, 3.63) is 28.7 Å². The minimum atomic E-state index is 0.342. The molecule has 0 bridgehead atoms. The molecule has 16 heavy (non-hydrogen) atoms. The summed E-state index contributed by atoms with van der Waals surface area (Å²) >= 11 is 3.47. The molecule has 1 fully saturated rings. The predicted octanol–water partition coefficient (Wildman–Crippen LogP) is 4.80. The number of hydrogen-bond acceptors (Lipinski definition) is 1. The maximum absolute atomic E-state index is 6.00. The normalized spacial score (nSPS) is 19.4. The summed E-state index contributed by atoms with van der Waals surface area (Å²) in [7, 11) is 0. The fourth-order valence-corrected chi connectivity index (χ4v) is 2.83. The van der Waals surface area contributed by atoms with Crippen molar-refractivity contribution in [2.45, 2.75) is 45.1 Å². The Balaban J connectivity index is 1.93. The highest BCUT2D eigenvalue weighted by atomic mass is 79.9. The first kappa shape index (κ1) is 12.0. The molecule has 1 aromatic carbocycles.